The molecule has 0 fully saturated rings. The molecule has 0 unspecified atom stereocenters. The molecule has 0 saturated carbocycles. The molecule has 1 heterocycles. The van der Waals surface area contributed by atoms with E-state index in [9.17, 15) is 0 Å². The molecule has 3 rings (SSSR count). The maximum absolute atomic E-state index is 2.31. The molecule has 2 nitrogen and oxygen atoms in total. The largest absolute Gasteiger partial charge is 1.00 e. The maximum atomic E-state index is 2.31. The van der Waals surface area contributed by atoms with E-state index in [1.807, 2.05) is 0 Å². The lowest BCUT2D eigenvalue weighted by Gasteiger charge is -2.13. The summed E-state index contributed by atoms with van der Waals surface area (Å²) >= 11 is 0. The minimum Gasteiger partial charge on any atom is -1.00 e. The molecule has 0 saturated heterocycles. The van der Waals surface area contributed by atoms with Crippen LogP contribution in [-0.2, 0) is 7.05 Å². The zero-order valence-corrected chi connectivity index (χ0v) is 12.9. The van der Waals surface area contributed by atoms with Crippen LogP contribution in [-0.4, -0.2) is 4.34 Å². The summed E-state index contributed by atoms with van der Waals surface area (Å²) in [5, 5.41) is 2.72. The predicted molar refractivity (Wildman–Crippen MR) is 80.1 cm³/mol. The molecule has 3 aromatic rings. The quantitative estimate of drug-likeness (QED) is 0.443. The molecule has 0 aliphatic rings. The van der Waals surface area contributed by atoms with Gasteiger partial charge in [0.1, 0.15) is 12.4 Å². The smallest absolute Gasteiger partial charge is 0.246 e. The number of rotatable bonds is 3. The van der Waals surface area contributed by atoms with Crippen molar-refractivity contribution < 1.29 is 17.0 Å². The van der Waals surface area contributed by atoms with E-state index in [2.05, 4.69) is 95.3 Å². The third-order valence-corrected chi connectivity index (χ3v) is 5.26. The number of aryl methyl sites for hydroxylation is 1. The van der Waals surface area contributed by atoms with Gasteiger partial charge in [0.25, 0.3) is 0 Å². The number of nitrogens with zero attached hydrogens (tertiary/aromatic N) is 2. The Bertz CT molecular complexity index is 613. The third-order valence-electron chi connectivity index (χ3n) is 2.99. The van der Waals surface area contributed by atoms with E-state index in [-0.39, 0.29) is 12.4 Å². The van der Waals surface area contributed by atoms with Crippen molar-refractivity contribution in [2.24, 2.45) is 7.05 Å². The molecule has 0 amide bonds. The third kappa shape index (κ3) is 3.09. The summed E-state index contributed by atoms with van der Waals surface area (Å²) in [7, 11) is 1.53. The summed E-state index contributed by atoms with van der Waals surface area (Å²) in [6.45, 7) is 0. The van der Waals surface area contributed by atoms with Crippen LogP contribution in [0.15, 0.2) is 79.4 Å². The van der Waals surface area contributed by atoms with Gasteiger partial charge in [0.15, 0.2) is 8.07 Å². The van der Waals surface area contributed by atoms with Gasteiger partial charge in [-0.25, -0.2) is 8.90 Å². The first-order chi connectivity index (χ1) is 9.34. The number of hydrogen-bond acceptors (Lipinski definition) is 0. The Morgan fingerprint density at radius 1 is 0.850 bits per heavy atom. The molecule has 1 aromatic heterocycles. The van der Waals surface area contributed by atoms with Crippen molar-refractivity contribution >= 4 is 18.7 Å². The molecule has 0 bridgehead atoms. The van der Waals surface area contributed by atoms with Crippen LogP contribution >= 0.6 is 8.07 Å². The molecule has 102 valence electrons. The van der Waals surface area contributed by atoms with E-state index in [4.69, 9.17) is 0 Å². The summed E-state index contributed by atoms with van der Waals surface area (Å²) in [4.78, 5) is 0. The SMILES string of the molecule is C[n+]1ccn(P(c2ccccc2)c2ccccc2)c1.[Cl-]. The number of halogens is 1. The topological polar surface area (TPSA) is 8.81 Å². The molecular formula is C16H16ClN2P. The van der Waals surface area contributed by atoms with E-state index in [1.54, 1.807) is 0 Å². The predicted octanol–water partition coefficient (Wildman–Crippen LogP) is -0.787. The second-order valence-electron chi connectivity index (χ2n) is 4.44. The molecule has 2 aromatic carbocycles. The summed E-state index contributed by atoms with van der Waals surface area (Å²) in [6.07, 6.45) is 6.37. The Hall–Kier alpha value is -1.63. The Morgan fingerprint density at radius 3 is 1.75 bits per heavy atom. The van der Waals surface area contributed by atoms with Crippen molar-refractivity contribution in [1.82, 2.24) is 4.34 Å². The van der Waals surface area contributed by atoms with E-state index >= 15 is 0 Å². The lowest BCUT2D eigenvalue weighted by atomic mass is 10.4. The van der Waals surface area contributed by atoms with Crippen LogP contribution in [0.5, 0.6) is 0 Å². The second-order valence-corrected chi connectivity index (χ2v) is 6.56. The number of imidazole rings is 1. The summed E-state index contributed by atoms with van der Waals surface area (Å²) in [5.41, 5.74) is 0. The van der Waals surface area contributed by atoms with Crippen LogP contribution in [0.1, 0.15) is 0 Å². The fourth-order valence-electron chi connectivity index (χ4n) is 2.11. The van der Waals surface area contributed by atoms with Crippen molar-refractivity contribution in [2.75, 3.05) is 0 Å². The van der Waals surface area contributed by atoms with Crippen molar-refractivity contribution in [3.05, 3.63) is 79.4 Å². The summed E-state index contributed by atoms with van der Waals surface area (Å²) in [5.74, 6) is 0. The minimum atomic E-state index is -0.529. The molecule has 0 aliphatic carbocycles. The normalized spacial score (nSPS) is 10.3. The summed E-state index contributed by atoms with van der Waals surface area (Å²) < 4.78 is 4.39. The van der Waals surface area contributed by atoms with E-state index < -0.39 is 8.07 Å². The van der Waals surface area contributed by atoms with Gasteiger partial charge in [0.05, 0.1) is 7.05 Å². The highest BCUT2D eigenvalue weighted by Crippen LogP contribution is 2.34. The van der Waals surface area contributed by atoms with Crippen LogP contribution < -0.4 is 27.6 Å². The van der Waals surface area contributed by atoms with Crippen LogP contribution in [0.4, 0.5) is 0 Å². The van der Waals surface area contributed by atoms with Gasteiger partial charge in [0, 0.05) is 10.6 Å². The molecule has 0 atom stereocenters. The molecule has 0 radical (unpaired) electrons. The van der Waals surface area contributed by atoms with Crippen molar-refractivity contribution in [3.8, 4) is 0 Å². The molecule has 0 N–H and O–H groups in total. The highest BCUT2D eigenvalue weighted by atomic mass is 35.5. The Kier molecular flexibility index (Phi) is 4.94. The second kappa shape index (κ2) is 6.69. The number of hydrogen-bond donors (Lipinski definition) is 0. The molecule has 20 heavy (non-hydrogen) atoms. The number of benzene rings is 2. The van der Waals surface area contributed by atoms with Gasteiger partial charge in [-0.3, -0.25) is 0 Å². The highest BCUT2D eigenvalue weighted by Gasteiger charge is 2.21. The summed E-state index contributed by atoms with van der Waals surface area (Å²) in [6, 6.07) is 21.4. The first-order valence-electron chi connectivity index (χ1n) is 6.28. The van der Waals surface area contributed by atoms with E-state index in [1.165, 1.54) is 10.6 Å². The van der Waals surface area contributed by atoms with Gasteiger partial charge in [-0.05, 0) is 0 Å². The van der Waals surface area contributed by atoms with Gasteiger partial charge in [0.2, 0.25) is 6.33 Å². The molecule has 0 aliphatic heterocycles. The van der Waals surface area contributed by atoms with Crippen molar-refractivity contribution in [1.29, 1.82) is 0 Å². The van der Waals surface area contributed by atoms with Gasteiger partial charge in [-0.2, -0.15) is 0 Å². The van der Waals surface area contributed by atoms with Gasteiger partial charge in [-0.15, -0.1) is 0 Å². The molecular weight excluding hydrogens is 287 g/mol. The first kappa shape index (κ1) is 14.8. The standard InChI is InChI=1S/C16H16N2P.ClH/c1-17-12-13-18(14-17)19(15-8-4-2-5-9-15)16-10-6-3-7-11-16;/h2-14H,1H3;1H/q+1;/p-1. The van der Waals surface area contributed by atoms with Crippen molar-refractivity contribution in [2.45, 2.75) is 0 Å². The Balaban J connectivity index is 0.00000147. The zero-order valence-electron chi connectivity index (χ0n) is 11.2. The fourth-order valence-corrected chi connectivity index (χ4v) is 4.31. The van der Waals surface area contributed by atoms with Crippen LogP contribution in [0.25, 0.3) is 0 Å². The fraction of sp³-hybridized carbons (Fsp3) is 0.0625. The first-order valence-corrected chi connectivity index (χ1v) is 7.58. The zero-order chi connectivity index (χ0) is 13.1. The van der Waals surface area contributed by atoms with Crippen molar-refractivity contribution in [3.63, 3.8) is 0 Å². The monoisotopic (exact) mass is 302 g/mol. The van der Waals surface area contributed by atoms with Gasteiger partial charge >= 0.3 is 0 Å². The van der Waals surface area contributed by atoms with Crippen LogP contribution in [0.2, 0.25) is 0 Å². The van der Waals surface area contributed by atoms with Gasteiger partial charge < -0.3 is 12.4 Å². The van der Waals surface area contributed by atoms with Crippen LogP contribution in [0.3, 0.4) is 0 Å². The van der Waals surface area contributed by atoms with E-state index in [0.717, 1.165) is 0 Å². The highest BCUT2D eigenvalue weighted by molar-refractivity contribution is 7.71. The Labute approximate surface area is 126 Å². The van der Waals surface area contributed by atoms with E-state index in [0.29, 0.717) is 0 Å². The number of aromatic nitrogens is 2. The van der Waals surface area contributed by atoms with Crippen LogP contribution in [0, 0.1) is 0 Å². The average molecular weight is 303 g/mol. The maximum Gasteiger partial charge on any atom is 0.246 e. The average Bonchev–Trinajstić information content (AvgIpc) is 2.88. The lowest BCUT2D eigenvalue weighted by molar-refractivity contribution is -0.670. The Morgan fingerprint density at radius 2 is 1.35 bits per heavy atom. The molecule has 0 spiro atoms. The lowest BCUT2D eigenvalue weighted by Crippen LogP contribution is -3.00. The van der Waals surface area contributed by atoms with Gasteiger partial charge in [-0.1, -0.05) is 60.7 Å². The minimum absolute atomic E-state index is 0. The molecule has 4 heteroatoms.